The first kappa shape index (κ1) is 13.8. The Labute approximate surface area is 117 Å². The number of hydrogen-bond acceptors (Lipinski definition) is 3. The summed E-state index contributed by atoms with van der Waals surface area (Å²) in [5, 5.41) is 2.56. The van der Waals surface area contributed by atoms with E-state index in [4.69, 9.17) is 0 Å². The number of aromatic nitrogens is 2. The zero-order valence-corrected chi connectivity index (χ0v) is 11.4. The molecule has 1 heterocycles. The third-order valence-corrected chi connectivity index (χ3v) is 2.91. The highest BCUT2D eigenvalue weighted by molar-refractivity contribution is 5.93. The second-order valence-electron chi connectivity index (χ2n) is 4.38. The van der Waals surface area contributed by atoms with Gasteiger partial charge in [0.05, 0.1) is 0 Å². The van der Waals surface area contributed by atoms with Gasteiger partial charge in [-0.3, -0.25) is 9.36 Å². The molecule has 2 aromatic rings. The van der Waals surface area contributed by atoms with Crippen LogP contribution in [0, 0.1) is 0 Å². The quantitative estimate of drug-likeness (QED) is 0.917. The Balaban J connectivity index is 2.03. The molecule has 2 rings (SSSR count). The van der Waals surface area contributed by atoms with Gasteiger partial charge in [-0.2, -0.15) is 0 Å². The van der Waals surface area contributed by atoms with Gasteiger partial charge in [0.2, 0.25) is 0 Å². The molecule has 20 heavy (non-hydrogen) atoms. The third-order valence-electron chi connectivity index (χ3n) is 2.91. The number of carbonyl (C=O) groups is 2. The van der Waals surface area contributed by atoms with Crippen LogP contribution < -0.4 is 5.32 Å². The van der Waals surface area contributed by atoms with Crippen molar-refractivity contribution in [2.24, 2.45) is 0 Å². The van der Waals surface area contributed by atoms with Gasteiger partial charge in [0.25, 0.3) is 5.91 Å². The number of nitrogens with one attached hydrogen (secondary N) is 1. The van der Waals surface area contributed by atoms with Crippen molar-refractivity contribution in [3.8, 4) is 0 Å². The average molecular weight is 272 g/mol. The molecule has 6 heteroatoms. The number of imidazole rings is 1. The van der Waals surface area contributed by atoms with Crippen LogP contribution in [0.3, 0.4) is 0 Å². The van der Waals surface area contributed by atoms with Crippen molar-refractivity contribution in [2.75, 3.05) is 14.1 Å². The number of benzene rings is 1. The van der Waals surface area contributed by atoms with Crippen molar-refractivity contribution in [1.29, 1.82) is 0 Å². The fourth-order valence-electron chi connectivity index (χ4n) is 1.82. The first-order valence-corrected chi connectivity index (χ1v) is 6.16. The topological polar surface area (TPSA) is 67.2 Å². The molecule has 1 aromatic carbocycles. The standard InChI is InChI=1S/C14H16N4O2/c1-15-13(19)12-5-3-11(4-6-12)9-17(2)14(20)18-8-7-16-10-18/h3-8,10H,9H2,1-2H3,(H,15,19). The van der Waals surface area contributed by atoms with Crippen molar-refractivity contribution in [2.45, 2.75) is 6.54 Å². The third kappa shape index (κ3) is 3.03. The smallest absolute Gasteiger partial charge is 0.329 e. The minimum atomic E-state index is -0.155. The van der Waals surface area contributed by atoms with Gasteiger partial charge in [-0.25, -0.2) is 9.78 Å². The van der Waals surface area contributed by atoms with E-state index >= 15 is 0 Å². The highest BCUT2D eigenvalue weighted by atomic mass is 16.2. The Kier molecular flexibility index (Phi) is 4.14. The Morgan fingerprint density at radius 3 is 2.55 bits per heavy atom. The van der Waals surface area contributed by atoms with Gasteiger partial charge in [-0.15, -0.1) is 0 Å². The molecule has 104 valence electrons. The molecule has 0 aliphatic heterocycles. The van der Waals surface area contributed by atoms with Gasteiger partial charge >= 0.3 is 6.03 Å². The molecule has 0 unspecified atom stereocenters. The molecule has 0 aliphatic carbocycles. The van der Waals surface area contributed by atoms with Crippen LogP contribution in [0.15, 0.2) is 43.0 Å². The van der Waals surface area contributed by atoms with Crippen molar-refractivity contribution < 1.29 is 9.59 Å². The predicted octanol–water partition coefficient (Wildman–Crippen LogP) is 1.34. The molecule has 1 aromatic heterocycles. The fraction of sp³-hybridized carbons (Fsp3) is 0.214. The molecule has 0 saturated heterocycles. The highest BCUT2D eigenvalue weighted by Crippen LogP contribution is 2.08. The maximum atomic E-state index is 12.0. The molecular formula is C14H16N4O2. The summed E-state index contributed by atoms with van der Waals surface area (Å²) in [5.41, 5.74) is 1.55. The van der Waals surface area contributed by atoms with Crippen LogP contribution in [-0.4, -0.2) is 40.5 Å². The van der Waals surface area contributed by atoms with E-state index in [9.17, 15) is 9.59 Å². The van der Waals surface area contributed by atoms with E-state index in [2.05, 4.69) is 10.3 Å². The van der Waals surface area contributed by atoms with Gasteiger partial charge in [-0.05, 0) is 17.7 Å². The van der Waals surface area contributed by atoms with Crippen LogP contribution in [0.1, 0.15) is 15.9 Å². The zero-order chi connectivity index (χ0) is 14.5. The maximum absolute atomic E-state index is 12.0. The van der Waals surface area contributed by atoms with Crippen molar-refractivity contribution in [3.05, 3.63) is 54.1 Å². The predicted molar refractivity (Wildman–Crippen MR) is 74.3 cm³/mol. The van der Waals surface area contributed by atoms with Crippen LogP contribution in [-0.2, 0) is 6.54 Å². The largest absolute Gasteiger partial charge is 0.355 e. The van der Waals surface area contributed by atoms with Crippen molar-refractivity contribution in [1.82, 2.24) is 19.8 Å². The Bertz CT molecular complexity index is 590. The second-order valence-corrected chi connectivity index (χ2v) is 4.38. The summed E-state index contributed by atoms with van der Waals surface area (Å²) < 4.78 is 1.42. The van der Waals surface area contributed by atoms with Gasteiger partial charge in [0.1, 0.15) is 6.33 Å². The summed E-state index contributed by atoms with van der Waals surface area (Å²) in [6, 6.07) is 7.00. The minimum absolute atomic E-state index is 0.126. The molecule has 0 aliphatic rings. The van der Waals surface area contributed by atoms with Gasteiger partial charge in [-0.1, -0.05) is 12.1 Å². The van der Waals surface area contributed by atoms with E-state index in [1.165, 1.54) is 10.9 Å². The molecule has 1 N–H and O–H groups in total. The summed E-state index contributed by atoms with van der Waals surface area (Å²) >= 11 is 0. The summed E-state index contributed by atoms with van der Waals surface area (Å²) in [4.78, 5) is 28.9. The lowest BCUT2D eigenvalue weighted by molar-refractivity contribution is 0.0963. The lowest BCUT2D eigenvalue weighted by Gasteiger charge is -2.17. The van der Waals surface area contributed by atoms with E-state index in [-0.39, 0.29) is 11.9 Å². The average Bonchev–Trinajstić information content (AvgIpc) is 3.00. The van der Waals surface area contributed by atoms with Crippen molar-refractivity contribution >= 4 is 11.9 Å². The van der Waals surface area contributed by atoms with Crippen LogP contribution >= 0.6 is 0 Å². The highest BCUT2D eigenvalue weighted by Gasteiger charge is 2.11. The lowest BCUT2D eigenvalue weighted by atomic mass is 10.1. The monoisotopic (exact) mass is 272 g/mol. The number of rotatable bonds is 3. The Morgan fingerprint density at radius 2 is 2.00 bits per heavy atom. The van der Waals surface area contributed by atoms with Crippen LogP contribution in [0.2, 0.25) is 0 Å². The number of carbonyl (C=O) groups excluding carboxylic acids is 2. The van der Waals surface area contributed by atoms with Gasteiger partial charge < -0.3 is 10.2 Å². The second kappa shape index (κ2) is 6.01. The molecule has 0 fully saturated rings. The maximum Gasteiger partial charge on any atom is 0.329 e. The van der Waals surface area contributed by atoms with Gasteiger partial charge in [0, 0.05) is 38.6 Å². The molecular weight excluding hydrogens is 256 g/mol. The van der Waals surface area contributed by atoms with Crippen LogP contribution in [0.4, 0.5) is 4.79 Å². The normalized spacial score (nSPS) is 10.1. The first-order chi connectivity index (χ1) is 9.61. The van der Waals surface area contributed by atoms with E-state index in [1.54, 1.807) is 43.5 Å². The number of nitrogens with zero attached hydrogens (tertiary/aromatic N) is 3. The molecule has 0 spiro atoms. The number of hydrogen-bond donors (Lipinski definition) is 1. The summed E-state index contributed by atoms with van der Waals surface area (Å²) in [6.07, 6.45) is 4.63. The van der Waals surface area contributed by atoms with E-state index < -0.39 is 0 Å². The van der Waals surface area contributed by atoms with E-state index in [1.807, 2.05) is 12.1 Å². The molecule has 6 nitrogen and oxygen atoms in total. The Hall–Kier alpha value is -2.63. The Morgan fingerprint density at radius 1 is 1.30 bits per heavy atom. The molecule has 0 radical (unpaired) electrons. The summed E-state index contributed by atoms with van der Waals surface area (Å²) in [5.74, 6) is -0.126. The van der Waals surface area contributed by atoms with E-state index in [0.29, 0.717) is 12.1 Å². The lowest BCUT2D eigenvalue weighted by Crippen LogP contribution is -2.29. The van der Waals surface area contributed by atoms with Crippen molar-refractivity contribution in [3.63, 3.8) is 0 Å². The molecule has 0 bridgehead atoms. The zero-order valence-electron chi connectivity index (χ0n) is 11.4. The van der Waals surface area contributed by atoms with Crippen LogP contribution in [0.25, 0.3) is 0 Å². The minimum Gasteiger partial charge on any atom is -0.355 e. The fourth-order valence-corrected chi connectivity index (χ4v) is 1.82. The van der Waals surface area contributed by atoms with Gasteiger partial charge in [0.15, 0.2) is 0 Å². The molecule has 0 atom stereocenters. The SMILES string of the molecule is CNC(=O)c1ccc(CN(C)C(=O)n2ccnc2)cc1. The summed E-state index contributed by atoms with van der Waals surface area (Å²) in [7, 11) is 3.31. The van der Waals surface area contributed by atoms with E-state index in [0.717, 1.165) is 5.56 Å². The molecule has 2 amide bonds. The first-order valence-electron chi connectivity index (χ1n) is 6.16. The van der Waals surface area contributed by atoms with Crippen LogP contribution in [0.5, 0.6) is 0 Å². The number of amides is 2. The summed E-state index contributed by atoms with van der Waals surface area (Å²) in [6.45, 7) is 0.463. The molecule has 0 saturated carbocycles.